The smallest absolute Gasteiger partial charge is 0.0764 e. The van der Waals surface area contributed by atoms with Crippen molar-refractivity contribution in [2.24, 2.45) is 0 Å². The number of hydrogen-bond acceptors (Lipinski definition) is 4. The molecule has 0 saturated carbocycles. The molecule has 0 amide bonds. The van der Waals surface area contributed by atoms with E-state index >= 15 is 0 Å². The summed E-state index contributed by atoms with van der Waals surface area (Å²) < 4.78 is 5.56. The third kappa shape index (κ3) is 5.86. The maximum atomic E-state index is 9.46. The molecule has 0 aliphatic carbocycles. The summed E-state index contributed by atoms with van der Waals surface area (Å²) >= 11 is 4.22. The van der Waals surface area contributed by atoms with Crippen LogP contribution in [0.3, 0.4) is 0 Å². The first-order valence-corrected chi connectivity index (χ1v) is 5.36. The van der Waals surface area contributed by atoms with Crippen molar-refractivity contribution in [3.63, 3.8) is 0 Å². The maximum Gasteiger partial charge on any atom is 0.0764 e. The fourth-order valence-corrected chi connectivity index (χ4v) is 0.954. The van der Waals surface area contributed by atoms with Crippen LogP contribution in [0.4, 0.5) is 0 Å². The van der Waals surface area contributed by atoms with Gasteiger partial charge in [-0.15, -0.1) is 0 Å². The van der Waals surface area contributed by atoms with Crippen molar-refractivity contribution in [2.45, 2.75) is 50.6 Å². The Morgan fingerprint density at radius 3 is 2.14 bits per heavy atom. The van der Waals surface area contributed by atoms with E-state index in [1.54, 1.807) is 13.8 Å². The summed E-state index contributed by atoms with van der Waals surface area (Å²) in [7, 11) is 0. The lowest BCUT2D eigenvalue weighted by molar-refractivity contribution is -0.0517. The molecule has 0 fully saturated rings. The zero-order valence-corrected chi connectivity index (χ0v) is 10.3. The largest absolute Gasteiger partial charge is 0.395 e. The van der Waals surface area contributed by atoms with Gasteiger partial charge < -0.3 is 14.9 Å². The number of rotatable bonds is 6. The van der Waals surface area contributed by atoms with Crippen LogP contribution in [-0.2, 0) is 4.74 Å². The molecule has 0 aromatic carbocycles. The Balaban J connectivity index is 3.88. The van der Waals surface area contributed by atoms with Gasteiger partial charge in [-0.3, -0.25) is 0 Å². The minimum absolute atomic E-state index is 0.0152. The summed E-state index contributed by atoms with van der Waals surface area (Å²) in [4.78, 5) is 0. The molecule has 1 atom stereocenters. The molecule has 0 rings (SSSR count). The van der Waals surface area contributed by atoms with Gasteiger partial charge >= 0.3 is 0 Å². The van der Waals surface area contributed by atoms with Crippen LogP contribution in [0.1, 0.15) is 34.1 Å². The minimum Gasteiger partial charge on any atom is -0.395 e. The number of ether oxygens (including phenoxy) is 1. The lowest BCUT2D eigenvalue weighted by Crippen LogP contribution is -2.39. The predicted molar refractivity (Wildman–Crippen MR) is 60.8 cm³/mol. The van der Waals surface area contributed by atoms with Crippen molar-refractivity contribution in [3.05, 3.63) is 0 Å². The van der Waals surface area contributed by atoms with Crippen LogP contribution in [0.2, 0.25) is 0 Å². The summed E-state index contributed by atoms with van der Waals surface area (Å²) in [6.45, 7) is 7.70. The molecule has 3 nitrogen and oxygen atoms in total. The van der Waals surface area contributed by atoms with Crippen molar-refractivity contribution in [3.8, 4) is 0 Å². The van der Waals surface area contributed by atoms with E-state index in [-0.39, 0.29) is 11.9 Å². The van der Waals surface area contributed by atoms with Gasteiger partial charge in [-0.05, 0) is 34.1 Å². The lowest BCUT2D eigenvalue weighted by Gasteiger charge is -2.31. The molecule has 0 heterocycles. The molecule has 0 aliphatic heterocycles. The first-order chi connectivity index (χ1) is 6.19. The summed E-state index contributed by atoms with van der Waals surface area (Å²) in [5.74, 6) is 0. The standard InChI is InChI=1S/C10H22O3S/c1-9(2,12)5-6-13-10(3,4)8(14)7-11/h8,11-12,14H,5-7H2,1-4H3. The molecule has 2 N–H and O–H groups in total. The second kappa shape index (κ2) is 5.35. The topological polar surface area (TPSA) is 49.7 Å². The Morgan fingerprint density at radius 1 is 1.29 bits per heavy atom. The van der Waals surface area contributed by atoms with Gasteiger partial charge in [0.25, 0.3) is 0 Å². The Morgan fingerprint density at radius 2 is 1.79 bits per heavy atom. The molecule has 4 heteroatoms. The van der Waals surface area contributed by atoms with Gasteiger partial charge in [0.2, 0.25) is 0 Å². The van der Waals surface area contributed by atoms with E-state index in [1.807, 2.05) is 13.8 Å². The highest BCUT2D eigenvalue weighted by Gasteiger charge is 2.27. The Bertz CT molecular complexity index is 163. The second-order valence-corrected chi connectivity index (χ2v) is 5.34. The van der Waals surface area contributed by atoms with Gasteiger partial charge in [-0.1, -0.05) is 0 Å². The first kappa shape index (κ1) is 14.2. The lowest BCUT2D eigenvalue weighted by atomic mass is 10.0. The molecule has 0 radical (unpaired) electrons. The monoisotopic (exact) mass is 222 g/mol. The summed E-state index contributed by atoms with van der Waals surface area (Å²) in [5.41, 5.74) is -1.18. The van der Waals surface area contributed by atoms with Gasteiger partial charge in [0.15, 0.2) is 0 Å². The predicted octanol–water partition coefficient (Wildman–Crippen LogP) is 1.23. The third-order valence-corrected chi connectivity index (χ3v) is 2.95. The fourth-order valence-electron chi connectivity index (χ4n) is 0.880. The Kier molecular flexibility index (Phi) is 5.44. The van der Waals surface area contributed by atoms with Gasteiger partial charge in [0, 0.05) is 0 Å². The minimum atomic E-state index is -0.707. The van der Waals surface area contributed by atoms with Gasteiger partial charge in [-0.2, -0.15) is 12.6 Å². The first-order valence-electron chi connectivity index (χ1n) is 4.84. The SMILES string of the molecule is CC(C)(O)CCOC(C)(C)C(S)CO. The van der Waals surface area contributed by atoms with E-state index < -0.39 is 11.2 Å². The third-order valence-electron chi connectivity index (χ3n) is 2.16. The highest BCUT2D eigenvalue weighted by atomic mass is 32.1. The van der Waals surface area contributed by atoms with Crippen LogP contribution in [-0.4, -0.2) is 39.9 Å². The molecule has 0 saturated heterocycles. The normalized spacial score (nSPS) is 15.6. The van der Waals surface area contributed by atoms with Gasteiger partial charge in [0.1, 0.15) is 0 Å². The number of aliphatic hydroxyl groups excluding tert-OH is 1. The quantitative estimate of drug-likeness (QED) is 0.593. The van der Waals surface area contributed by atoms with Crippen LogP contribution < -0.4 is 0 Å². The summed E-state index contributed by atoms with van der Waals surface area (Å²) in [6, 6.07) is 0. The highest BCUT2D eigenvalue weighted by molar-refractivity contribution is 7.81. The summed E-state index contributed by atoms with van der Waals surface area (Å²) in [6.07, 6.45) is 0.572. The van der Waals surface area contributed by atoms with Crippen LogP contribution in [0, 0.1) is 0 Å². The Labute approximate surface area is 91.9 Å². The van der Waals surface area contributed by atoms with Crippen LogP contribution >= 0.6 is 12.6 Å². The number of aliphatic hydroxyl groups is 2. The molecule has 0 aliphatic rings. The van der Waals surface area contributed by atoms with Crippen molar-refractivity contribution in [2.75, 3.05) is 13.2 Å². The van der Waals surface area contributed by atoms with Crippen molar-refractivity contribution >= 4 is 12.6 Å². The fraction of sp³-hybridized carbons (Fsp3) is 1.00. The van der Waals surface area contributed by atoms with Gasteiger partial charge in [-0.25, -0.2) is 0 Å². The van der Waals surface area contributed by atoms with E-state index in [2.05, 4.69) is 12.6 Å². The molecular formula is C10H22O3S. The average Bonchev–Trinajstić information content (AvgIpc) is 2.00. The van der Waals surface area contributed by atoms with Crippen LogP contribution in [0.5, 0.6) is 0 Å². The van der Waals surface area contributed by atoms with Crippen molar-refractivity contribution in [1.82, 2.24) is 0 Å². The number of hydrogen-bond donors (Lipinski definition) is 3. The van der Waals surface area contributed by atoms with E-state index in [0.717, 1.165) is 0 Å². The molecule has 86 valence electrons. The van der Waals surface area contributed by atoms with E-state index in [9.17, 15) is 5.11 Å². The zero-order valence-electron chi connectivity index (χ0n) is 9.45. The molecule has 0 bridgehead atoms. The van der Waals surface area contributed by atoms with Crippen LogP contribution in [0.25, 0.3) is 0 Å². The van der Waals surface area contributed by atoms with E-state index in [0.29, 0.717) is 13.0 Å². The van der Waals surface area contributed by atoms with Crippen LogP contribution in [0.15, 0.2) is 0 Å². The Hall–Kier alpha value is 0.230. The second-order valence-electron chi connectivity index (χ2n) is 4.71. The molecule has 0 spiro atoms. The molecule has 1 unspecified atom stereocenters. The molecular weight excluding hydrogens is 200 g/mol. The number of thiol groups is 1. The molecule has 0 aromatic heterocycles. The van der Waals surface area contributed by atoms with Crippen molar-refractivity contribution < 1.29 is 14.9 Å². The average molecular weight is 222 g/mol. The molecule has 0 aromatic rings. The maximum absolute atomic E-state index is 9.46. The van der Waals surface area contributed by atoms with Crippen molar-refractivity contribution in [1.29, 1.82) is 0 Å². The van der Waals surface area contributed by atoms with E-state index in [1.165, 1.54) is 0 Å². The van der Waals surface area contributed by atoms with Gasteiger partial charge in [0.05, 0.1) is 29.7 Å². The zero-order chi connectivity index (χ0) is 11.4. The van der Waals surface area contributed by atoms with E-state index in [4.69, 9.17) is 9.84 Å². The highest BCUT2D eigenvalue weighted by Crippen LogP contribution is 2.20. The summed E-state index contributed by atoms with van der Waals surface area (Å²) in [5, 5.41) is 18.2. The molecule has 14 heavy (non-hydrogen) atoms.